The van der Waals surface area contributed by atoms with E-state index >= 15 is 0 Å². The number of ether oxygens (including phenoxy) is 1. The molecule has 0 aliphatic heterocycles. The van der Waals surface area contributed by atoms with Gasteiger partial charge in [0.2, 0.25) is 5.91 Å². The number of benzene rings is 1. The number of thioether (sulfide) groups is 1. The van der Waals surface area contributed by atoms with E-state index < -0.39 is 6.10 Å². The van der Waals surface area contributed by atoms with Crippen LogP contribution in [-0.4, -0.2) is 47.4 Å². The number of hydrogen-bond acceptors (Lipinski definition) is 5. The van der Waals surface area contributed by atoms with E-state index in [1.807, 2.05) is 0 Å². The highest BCUT2D eigenvalue weighted by molar-refractivity contribution is 8.00. The summed E-state index contributed by atoms with van der Waals surface area (Å²) >= 11 is 1.27. The second kappa shape index (κ2) is 7.97. The molecule has 0 aromatic heterocycles. The van der Waals surface area contributed by atoms with Crippen molar-refractivity contribution in [3.05, 3.63) is 24.3 Å². The van der Waals surface area contributed by atoms with Crippen LogP contribution in [0.1, 0.15) is 0 Å². The third-order valence-electron chi connectivity index (χ3n) is 2.11. The molecule has 5 nitrogen and oxygen atoms in total. The summed E-state index contributed by atoms with van der Waals surface area (Å²) in [5.41, 5.74) is 0.669. The Bertz CT molecular complexity index is 386. The molecule has 0 radical (unpaired) electrons. The van der Waals surface area contributed by atoms with E-state index in [4.69, 9.17) is 14.9 Å². The monoisotopic (exact) mass is 271 g/mol. The van der Waals surface area contributed by atoms with Gasteiger partial charge in [-0.1, -0.05) is 6.07 Å². The molecule has 1 amide bonds. The second-order valence-corrected chi connectivity index (χ2v) is 4.66. The molecule has 6 heteroatoms. The summed E-state index contributed by atoms with van der Waals surface area (Å²) < 4.78 is 5.05. The van der Waals surface area contributed by atoms with Gasteiger partial charge in [0.05, 0.1) is 25.6 Å². The molecule has 0 bridgehead atoms. The summed E-state index contributed by atoms with van der Waals surface area (Å²) in [6.07, 6.45) is -0.778. The van der Waals surface area contributed by atoms with Gasteiger partial charge in [0, 0.05) is 17.5 Å². The van der Waals surface area contributed by atoms with Crippen molar-refractivity contribution in [3.63, 3.8) is 0 Å². The van der Waals surface area contributed by atoms with Crippen LogP contribution >= 0.6 is 11.8 Å². The lowest BCUT2D eigenvalue weighted by Crippen LogP contribution is -2.19. The van der Waals surface area contributed by atoms with Crippen LogP contribution in [-0.2, 0) is 4.79 Å². The van der Waals surface area contributed by atoms with Gasteiger partial charge in [0.15, 0.2) is 0 Å². The van der Waals surface area contributed by atoms with Crippen molar-refractivity contribution in [3.8, 4) is 5.75 Å². The standard InChI is InChI=1S/C12H17NO4S/c1-17-11-4-2-3-9(5-11)13-12(16)8-18-7-10(15)6-14/h2-5,10,14-15H,6-8H2,1H3,(H,13,16). The number of anilines is 1. The SMILES string of the molecule is COc1cccc(NC(=O)CSCC(O)CO)c1. The normalized spacial score (nSPS) is 11.9. The zero-order valence-corrected chi connectivity index (χ0v) is 10.9. The molecule has 18 heavy (non-hydrogen) atoms. The van der Waals surface area contributed by atoms with E-state index in [1.165, 1.54) is 11.8 Å². The molecule has 0 fully saturated rings. The molecule has 1 aromatic rings. The summed E-state index contributed by atoms with van der Waals surface area (Å²) in [4.78, 5) is 11.6. The molecule has 0 spiro atoms. The summed E-state index contributed by atoms with van der Waals surface area (Å²) in [7, 11) is 1.56. The summed E-state index contributed by atoms with van der Waals surface area (Å²) in [6, 6.07) is 7.08. The average molecular weight is 271 g/mol. The van der Waals surface area contributed by atoms with Crippen molar-refractivity contribution >= 4 is 23.4 Å². The number of aliphatic hydroxyl groups excluding tert-OH is 2. The number of aliphatic hydroxyl groups is 2. The predicted molar refractivity (Wildman–Crippen MR) is 72.0 cm³/mol. The van der Waals surface area contributed by atoms with Crippen LogP contribution in [0.15, 0.2) is 24.3 Å². The van der Waals surface area contributed by atoms with Crippen molar-refractivity contribution in [2.75, 3.05) is 30.5 Å². The first-order valence-electron chi connectivity index (χ1n) is 5.46. The number of carbonyl (C=O) groups excluding carboxylic acids is 1. The molecule has 0 aliphatic rings. The number of nitrogens with one attached hydrogen (secondary N) is 1. The van der Waals surface area contributed by atoms with Crippen LogP contribution in [0.25, 0.3) is 0 Å². The first-order valence-corrected chi connectivity index (χ1v) is 6.61. The van der Waals surface area contributed by atoms with E-state index in [-0.39, 0.29) is 18.3 Å². The topological polar surface area (TPSA) is 78.8 Å². The van der Waals surface area contributed by atoms with Crippen LogP contribution in [0.2, 0.25) is 0 Å². The summed E-state index contributed by atoms with van der Waals surface area (Å²) in [6.45, 7) is -0.287. The molecule has 1 unspecified atom stereocenters. The van der Waals surface area contributed by atoms with Crippen molar-refractivity contribution in [1.82, 2.24) is 0 Å². The molecule has 0 saturated carbocycles. The Morgan fingerprint density at radius 1 is 1.56 bits per heavy atom. The molecule has 1 rings (SSSR count). The molecule has 3 N–H and O–H groups in total. The Balaban J connectivity index is 2.35. The Kier molecular flexibility index (Phi) is 6.56. The molecule has 0 heterocycles. The third-order valence-corrected chi connectivity index (χ3v) is 3.19. The highest BCUT2D eigenvalue weighted by atomic mass is 32.2. The van der Waals surface area contributed by atoms with Crippen LogP contribution in [0, 0.1) is 0 Å². The largest absolute Gasteiger partial charge is 0.497 e. The highest BCUT2D eigenvalue weighted by Gasteiger charge is 2.06. The zero-order valence-electron chi connectivity index (χ0n) is 10.1. The van der Waals surface area contributed by atoms with Crippen molar-refractivity contribution in [2.45, 2.75) is 6.10 Å². The Labute approximate surface area is 110 Å². The number of amides is 1. The van der Waals surface area contributed by atoms with E-state index in [1.54, 1.807) is 31.4 Å². The fraction of sp³-hybridized carbons (Fsp3) is 0.417. The van der Waals surface area contributed by atoms with Crippen molar-refractivity contribution in [2.24, 2.45) is 0 Å². The van der Waals surface area contributed by atoms with Gasteiger partial charge in [-0.05, 0) is 12.1 Å². The quantitative estimate of drug-likeness (QED) is 0.681. The lowest BCUT2D eigenvalue weighted by molar-refractivity contribution is -0.113. The van der Waals surface area contributed by atoms with Gasteiger partial charge in [0.1, 0.15) is 5.75 Å². The minimum Gasteiger partial charge on any atom is -0.497 e. The van der Waals surface area contributed by atoms with Gasteiger partial charge in [-0.2, -0.15) is 0 Å². The second-order valence-electron chi connectivity index (χ2n) is 3.63. The fourth-order valence-electron chi connectivity index (χ4n) is 1.24. The van der Waals surface area contributed by atoms with Crippen LogP contribution in [0.5, 0.6) is 5.75 Å². The first kappa shape index (κ1) is 14.8. The van der Waals surface area contributed by atoms with E-state index in [0.717, 1.165) is 0 Å². The van der Waals surface area contributed by atoms with E-state index in [9.17, 15) is 4.79 Å². The molecule has 1 atom stereocenters. The number of hydrogen-bond donors (Lipinski definition) is 3. The summed E-state index contributed by atoms with van der Waals surface area (Å²) in [5, 5.41) is 20.4. The van der Waals surface area contributed by atoms with Crippen molar-refractivity contribution in [1.29, 1.82) is 0 Å². The minimum atomic E-state index is -0.778. The summed E-state index contributed by atoms with van der Waals surface area (Å²) in [5.74, 6) is 1.09. The first-order chi connectivity index (χ1) is 8.65. The lowest BCUT2D eigenvalue weighted by atomic mass is 10.3. The maximum Gasteiger partial charge on any atom is 0.234 e. The van der Waals surface area contributed by atoms with Crippen LogP contribution < -0.4 is 10.1 Å². The fourth-order valence-corrected chi connectivity index (χ4v) is 1.99. The number of rotatable bonds is 7. The Morgan fingerprint density at radius 2 is 2.33 bits per heavy atom. The number of methoxy groups -OCH3 is 1. The van der Waals surface area contributed by atoms with Gasteiger partial charge in [-0.3, -0.25) is 4.79 Å². The average Bonchev–Trinajstić information content (AvgIpc) is 2.38. The van der Waals surface area contributed by atoms with Crippen molar-refractivity contribution < 1.29 is 19.7 Å². The molecule has 0 saturated heterocycles. The van der Waals surface area contributed by atoms with Crippen LogP contribution in [0.4, 0.5) is 5.69 Å². The number of carbonyl (C=O) groups is 1. The molecular formula is C12H17NO4S. The maximum absolute atomic E-state index is 11.6. The third kappa shape index (κ3) is 5.39. The Morgan fingerprint density at radius 3 is 3.00 bits per heavy atom. The zero-order chi connectivity index (χ0) is 13.4. The van der Waals surface area contributed by atoms with Gasteiger partial charge < -0.3 is 20.3 Å². The lowest BCUT2D eigenvalue weighted by Gasteiger charge is -2.08. The Hall–Kier alpha value is -1.24. The van der Waals surface area contributed by atoms with Gasteiger partial charge in [-0.25, -0.2) is 0 Å². The van der Waals surface area contributed by atoms with Crippen LogP contribution in [0.3, 0.4) is 0 Å². The minimum absolute atomic E-state index is 0.154. The predicted octanol–water partition coefficient (Wildman–Crippen LogP) is 0.720. The van der Waals surface area contributed by atoms with E-state index in [0.29, 0.717) is 17.2 Å². The highest BCUT2D eigenvalue weighted by Crippen LogP contribution is 2.17. The van der Waals surface area contributed by atoms with Gasteiger partial charge in [0.25, 0.3) is 0 Å². The van der Waals surface area contributed by atoms with Gasteiger partial charge >= 0.3 is 0 Å². The molecule has 1 aromatic carbocycles. The molecular weight excluding hydrogens is 254 g/mol. The maximum atomic E-state index is 11.6. The smallest absolute Gasteiger partial charge is 0.234 e. The molecule has 100 valence electrons. The van der Waals surface area contributed by atoms with Gasteiger partial charge in [-0.15, -0.1) is 11.8 Å². The van der Waals surface area contributed by atoms with E-state index in [2.05, 4.69) is 5.32 Å². The molecule has 0 aliphatic carbocycles.